The van der Waals surface area contributed by atoms with Crippen LogP contribution in [0.15, 0.2) is 35.3 Å². The van der Waals surface area contributed by atoms with Crippen LogP contribution in [0, 0.1) is 17.8 Å². The Morgan fingerprint density at radius 3 is 2.44 bits per heavy atom. The van der Waals surface area contributed by atoms with Gasteiger partial charge >= 0.3 is 0 Å². The van der Waals surface area contributed by atoms with Crippen LogP contribution in [-0.4, -0.2) is 5.84 Å². The van der Waals surface area contributed by atoms with Crippen LogP contribution in [0.3, 0.4) is 0 Å². The summed E-state index contributed by atoms with van der Waals surface area (Å²) in [6.45, 7) is 0. The third-order valence-corrected chi connectivity index (χ3v) is 3.78. The van der Waals surface area contributed by atoms with Crippen molar-refractivity contribution in [1.29, 1.82) is 0 Å². The van der Waals surface area contributed by atoms with Gasteiger partial charge in [0.25, 0.3) is 0 Å². The lowest BCUT2D eigenvalue weighted by Crippen LogP contribution is -2.35. The van der Waals surface area contributed by atoms with Gasteiger partial charge in [0.15, 0.2) is 0 Å². The largest absolute Gasteiger partial charge is 0.312 e. The number of nitrogens with one attached hydrogen (secondary N) is 1. The molecule has 0 heterocycles. The molecule has 1 aromatic carbocycles. The summed E-state index contributed by atoms with van der Waals surface area (Å²) in [4.78, 5) is 4.59. The Labute approximate surface area is 95.7 Å². The summed E-state index contributed by atoms with van der Waals surface area (Å²) in [5.74, 6) is 9.00. The average molecular weight is 215 g/mol. The molecule has 0 amide bonds. The zero-order valence-corrected chi connectivity index (χ0v) is 9.26. The van der Waals surface area contributed by atoms with E-state index < -0.39 is 0 Å². The minimum absolute atomic E-state index is 0.550. The molecule has 0 saturated heterocycles. The van der Waals surface area contributed by atoms with Crippen LogP contribution in [0.4, 0.5) is 5.69 Å². The molecule has 3 nitrogen and oxygen atoms in total. The summed E-state index contributed by atoms with van der Waals surface area (Å²) < 4.78 is 0. The van der Waals surface area contributed by atoms with E-state index in [2.05, 4.69) is 10.4 Å². The topological polar surface area (TPSA) is 50.4 Å². The Morgan fingerprint density at radius 1 is 1.12 bits per heavy atom. The summed E-state index contributed by atoms with van der Waals surface area (Å²) in [7, 11) is 0. The van der Waals surface area contributed by atoms with Crippen molar-refractivity contribution in [2.45, 2.75) is 19.3 Å². The smallest absolute Gasteiger partial charge is 0.119 e. The lowest BCUT2D eigenvalue weighted by Gasteiger charge is -2.14. The fraction of sp³-hybridized carbons (Fsp3) is 0.462. The number of nitrogens with two attached hydrogens (primary N) is 1. The lowest BCUT2D eigenvalue weighted by molar-refractivity contribution is 0.606. The molecule has 0 aliphatic heterocycles. The summed E-state index contributed by atoms with van der Waals surface area (Å²) in [5.41, 5.74) is 3.77. The fourth-order valence-corrected chi connectivity index (χ4v) is 2.82. The zero-order chi connectivity index (χ0) is 11.0. The number of benzene rings is 1. The van der Waals surface area contributed by atoms with E-state index in [1.807, 2.05) is 30.3 Å². The fourth-order valence-electron chi connectivity index (χ4n) is 2.82. The molecule has 2 saturated carbocycles. The molecule has 2 atom stereocenters. The van der Waals surface area contributed by atoms with Gasteiger partial charge in [-0.2, -0.15) is 0 Å². The molecule has 0 spiro atoms. The molecule has 3 heteroatoms. The number of nitrogens with zero attached hydrogens (tertiary/aromatic N) is 1. The first-order chi connectivity index (χ1) is 7.86. The van der Waals surface area contributed by atoms with Gasteiger partial charge in [0.05, 0.1) is 5.69 Å². The monoisotopic (exact) mass is 215 g/mol. The van der Waals surface area contributed by atoms with Crippen LogP contribution in [0.2, 0.25) is 0 Å². The van der Waals surface area contributed by atoms with Crippen LogP contribution in [-0.2, 0) is 0 Å². The highest BCUT2D eigenvalue weighted by atomic mass is 15.3. The number of fused-ring (bicyclic) bond motifs is 1. The molecule has 2 unspecified atom stereocenters. The number of para-hydroxylation sites is 1. The van der Waals surface area contributed by atoms with E-state index in [0.29, 0.717) is 5.92 Å². The molecule has 16 heavy (non-hydrogen) atoms. The first-order valence-corrected chi connectivity index (χ1v) is 5.97. The SMILES string of the molecule is NNC(=Nc1ccccc1)C1CC2CC2C1. The van der Waals surface area contributed by atoms with Crippen LogP contribution < -0.4 is 11.3 Å². The van der Waals surface area contributed by atoms with Crippen molar-refractivity contribution >= 4 is 11.5 Å². The first kappa shape index (κ1) is 9.85. The second kappa shape index (κ2) is 3.91. The second-order valence-electron chi connectivity index (χ2n) is 4.90. The Balaban J connectivity index is 1.77. The molecule has 3 N–H and O–H groups in total. The summed E-state index contributed by atoms with van der Waals surface area (Å²) in [6, 6.07) is 10.0. The van der Waals surface area contributed by atoms with Crippen molar-refractivity contribution in [3.05, 3.63) is 30.3 Å². The minimum atomic E-state index is 0.550. The second-order valence-corrected chi connectivity index (χ2v) is 4.90. The highest BCUT2D eigenvalue weighted by Crippen LogP contribution is 2.54. The van der Waals surface area contributed by atoms with Crippen molar-refractivity contribution < 1.29 is 0 Å². The van der Waals surface area contributed by atoms with Crippen molar-refractivity contribution in [2.75, 3.05) is 0 Å². The first-order valence-electron chi connectivity index (χ1n) is 5.97. The lowest BCUT2D eigenvalue weighted by atomic mass is 10.0. The summed E-state index contributed by atoms with van der Waals surface area (Å²) >= 11 is 0. The van der Waals surface area contributed by atoms with E-state index in [9.17, 15) is 0 Å². The van der Waals surface area contributed by atoms with Gasteiger partial charge in [0.1, 0.15) is 5.84 Å². The van der Waals surface area contributed by atoms with Gasteiger partial charge in [-0.25, -0.2) is 10.8 Å². The number of rotatable bonds is 2. The maximum absolute atomic E-state index is 5.58. The maximum Gasteiger partial charge on any atom is 0.119 e. The number of amidine groups is 1. The molecule has 1 aromatic rings. The van der Waals surface area contributed by atoms with Crippen molar-refractivity contribution in [2.24, 2.45) is 28.6 Å². The predicted octanol–water partition coefficient (Wildman–Crippen LogP) is 2.23. The molecular weight excluding hydrogens is 198 g/mol. The summed E-state index contributed by atoms with van der Waals surface area (Å²) in [5, 5.41) is 0. The van der Waals surface area contributed by atoms with E-state index in [-0.39, 0.29) is 0 Å². The van der Waals surface area contributed by atoms with Crippen molar-refractivity contribution in [3.63, 3.8) is 0 Å². The van der Waals surface area contributed by atoms with Gasteiger partial charge in [0, 0.05) is 5.92 Å². The quantitative estimate of drug-likeness (QED) is 0.344. The van der Waals surface area contributed by atoms with E-state index >= 15 is 0 Å². The molecule has 0 radical (unpaired) electrons. The van der Waals surface area contributed by atoms with Crippen LogP contribution >= 0.6 is 0 Å². The molecular formula is C13H17N3. The number of hydrazine groups is 1. The highest BCUT2D eigenvalue weighted by molar-refractivity contribution is 5.87. The van der Waals surface area contributed by atoms with E-state index in [1.54, 1.807) is 0 Å². The minimum Gasteiger partial charge on any atom is -0.312 e. The van der Waals surface area contributed by atoms with Gasteiger partial charge in [0.2, 0.25) is 0 Å². The van der Waals surface area contributed by atoms with Gasteiger partial charge < -0.3 is 5.43 Å². The molecule has 3 rings (SSSR count). The predicted molar refractivity (Wildman–Crippen MR) is 65.2 cm³/mol. The number of hydrogen-bond acceptors (Lipinski definition) is 2. The van der Waals surface area contributed by atoms with E-state index in [0.717, 1.165) is 23.4 Å². The molecule has 2 aliphatic carbocycles. The van der Waals surface area contributed by atoms with Crippen LogP contribution in [0.25, 0.3) is 0 Å². The van der Waals surface area contributed by atoms with Gasteiger partial charge in [-0.05, 0) is 43.2 Å². The third kappa shape index (κ3) is 1.83. The highest BCUT2D eigenvalue weighted by Gasteiger charge is 2.47. The maximum atomic E-state index is 5.58. The van der Waals surface area contributed by atoms with Gasteiger partial charge in [-0.15, -0.1) is 0 Å². The Bertz CT molecular complexity index is 389. The van der Waals surface area contributed by atoms with Crippen LogP contribution in [0.1, 0.15) is 19.3 Å². The third-order valence-electron chi connectivity index (χ3n) is 3.78. The van der Waals surface area contributed by atoms with Crippen LogP contribution in [0.5, 0.6) is 0 Å². The Morgan fingerprint density at radius 2 is 1.81 bits per heavy atom. The Kier molecular flexibility index (Phi) is 2.40. The molecule has 2 aliphatic rings. The van der Waals surface area contributed by atoms with E-state index in [4.69, 9.17) is 5.84 Å². The van der Waals surface area contributed by atoms with Crippen molar-refractivity contribution in [1.82, 2.24) is 5.43 Å². The van der Waals surface area contributed by atoms with E-state index in [1.165, 1.54) is 19.3 Å². The average Bonchev–Trinajstić information content (AvgIpc) is 2.94. The van der Waals surface area contributed by atoms with Gasteiger partial charge in [-0.1, -0.05) is 18.2 Å². The Hall–Kier alpha value is -1.35. The normalized spacial score (nSPS) is 32.3. The zero-order valence-electron chi connectivity index (χ0n) is 9.26. The molecule has 0 aromatic heterocycles. The molecule has 0 bridgehead atoms. The summed E-state index contributed by atoms with van der Waals surface area (Å²) in [6.07, 6.45) is 3.96. The number of hydrogen-bond donors (Lipinski definition) is 2. The number of aliphatic imine (C=N–C) groups is 1. The van der Waals surface area contributed by atoms with Crippen molar-refractivity contribution in [3.8, 4) is 0 Å². The molecule has 2 fully saturated rings. The standard InChI is InChI=1S/C13H17N3/c14-16-13(11-7-9-6-10(9)8-11)15-12-4-2-1-3-5-12/h1-5,9-11H,6-8,14H2,(H,15,16). The molecule has 84 valence electrons. The van der Waals surface area contributed by atoms with Gasteiger partial charge in [-0.3, -0.25) is 0 Å².